The van der Waals surface area contributed by atoms with Crippen molar-refractivity contribution >= 4 is 5.96 Å². The van der Waals surface area contributed by atoms with Crippen LogP contribution in [0.15, 0.2) is 4.99 Å². The van der Waals surface area contributed by atoms with Crippen molar-refractivity contribution in [3.05, 3.63) is 0 Å². The van der Waals surface area contributed by atoms with E-state index in [1.54, 1.807) is 7.11 Å². The molecule has 0 aromatic heterocycles. The smallest absolute Gasteiger partial charge is 0.191 e. The molecular weight excluding hydrogens is 316 g/mol. The number of methoxy groups -OCH3 is 1. The zero-order valence-corrected chi connectivity index (χ0v) is 16.5. The number of likely N-dealkylation sites (tertiary alicyclic amines) is 1. The van der Waals surface area contributed by atoms with Crippen LogP contribution in [-0.2, 0) is 9.47 Å². The van der Waals surface area contributed by atoms with Gasteiger partial charge in [-0.1, -0.05) is 6.42 Å². The lowest BCUT2D eigenvalue weighted by molar-refractivity contribution is -0.0828. The number of ether oxygens (including phenoxy) is 2. The Morgan fingerprint density at radius 2 is 2.08 bits per heavy atom. The first-order valence-electron chi connectivity index (χ1n) is 10.1. The lowest BCUT2D eigenvalue weighted by Crippen LogP contribution is -2.44. The molecule has 2 N–H and O–H groups in total. The van der Waals surface area contributed by atoms with Crippen molar-refractivity contribution in [3.63, 3.8) is 0 Å². The van der Waals surface area contributed by atoms with Crippen LogP contribution in [-0.4, -0.2) is 75.5 Å². The highest BCUT2D eigenvalue weighted by Crippen LogP contribution is 2.24. The van der Waals surface area contributed by atoms with Gasteiger partial charge in [0.25, 0.3) is 0 Å². The highest BCUT2D eigenvalue weighted by Gasteiger charge is 2.32. The summed E-state index contributed by atoms with van der Waals surface area (Å²) in [5.41, 5.74) is -0.163. The monoisotopic (exact) mass is 354 g/mol. The Morgan fingerprint density at radius 3 is 2.76 bits per heavy atom. The number of nitrogens with zero attached hydrogens (tertiary/aromatic N) is 2. The zero-order valence-electron chi connectivity index (χ0n) is 16.5. The van der Waals surface area contributed by atoms with Crippen LogP contribution in [0, 0.1) is 0 Å². The number of piperidine rings is 1. The van der Waals surface area contributed by atoms with Crippen LogP contribution < -0.4 is 10.6 Å². The maximum Gasteiger partial charge on any atom is 0.191 e. The van der Waals surface area contributed by atoms with E-state index in [1.807, 2.05) is 0 Å². The van der Waals surface area contributed by atoms with Gasteiger partial charge in [0.15, 0.2) is 5.96 Å². The zero-order chi connectivity index (χ0) is 18.0. The van der Waals surface area contributed by atoms with Gasteiger partial charge in [-0.3, -0.25) is 4.99 Å². The molecule has 0 amide bonds. The molecule has 2 fully saturated rings. The average molecular weight is 355 g/mol. The van der Waals surface area contributed by atoms with Crippen LogP contribution in [0.3, 0.4) is 0 Å². The Kier molecular flexibility index (Phi) is 8.99. The molecule has 25 heavy (non-hydrogen) atoms. The van der Waals surface area contributed by atoms with Crippen LogP contribution in [0.1, 0.15) is 52.4 Å². The number of hydrogen-bond acceptors (Lipinski definition) is 4. The molecule has 0 bridgehead atoms. The van der Waals surface area contributed by atoms with Gasteiger partial charge in [0.2, 0.25) is 0 Å². The number of rotatable bonds is 8. The molecule has 146 valence electrons. The Balaban J connectivity index is 1.75. The van der Waals surface area contributed by atoms with Crippen molar-refractivity contribution in [2.24, 2.45) is 4.99 Å². The standard InChI is InChI=1S/C19H38N4O2/c1-4-20-18(22-16-19(24-3)9-14-25-15-10-19)21-11-7-13-23-12-6-5-8-17(23)2/h17H,4-16H2,1-3H3,(H2,20,21,22). The Labute approximate surface area is 153 Å². The predicted molar refractivity (Wildman–Crippen MR) is 103 cm³/mol. The van der Waals surface area contributed by atoms with Gasteiger partial charge in [0.05, 0.1) is 12.1 Å². The quantitative estimate of drug-likeness (QED) is 0.397. The molecular formula is C19H38N4O2. The van der Waals surface area contributed by atoms with Crippen LogP contribution in [0.5, 0.6) is 0 Å². The number of guanidine groups is 1. The maximum absolute atomic E-state index is 5.77. The van der Waals surface area contributed by atoms with E-state index in [0.717, 1.165) is 57.6 Å². The van der Waals surface area contributed by atoms with Crippen molar-refractivity contribution in [1.29, 1.82) is 0 Å². The Hall–Kier alpha value is -0.850. The Bertz CT molecular complexity index is 397. The van der Waals surface area contributed by atoms with Crippen LogP contribution in [0.25, 0.3) is 0 Å². The number of aliphatic imine (C=N–C) groups is 1. The van der Waals surface area contributed by atoms with Gasteiger partial charge < -0.3 is 25.0 Å². The topological polar surface area (TPSA) is 58.1 Å². The van der Waals surface area contributed by atoms with Crippen LogP contribution >= 0.6 is 0 Å². The molecule has 2 saturated heterocycles. The van der Waals surface area contributed by atoms with E-state index in [4.69, 9.17) is 14.5 Å². The molecule has 6 nitrogen and oxygen atoms in total. The molecule has 2 aliphatic rings. The predicted octanol–water partition coefficient (Wildman–Crippen LogP) is 2.00. The summed E-state index contributed by atoms with van der Waals surface area (Å²) in [5.74, 6) is 0.900. The first-order chi connectivity index (χ1) is 12.2. The van der Waals surface area contributed by atoms with E-state index in [1.165, 1.54) is 32.4 Å². The summed E-state index contributed by atoms with van der Waals surface area (Å²) < 4.78 is 11.2. The fourth-order valence-corrected chi connectivity index (χ4v) is 3.71. The first-order valence-corrected chi connectivity index (χ1v) is 10.1. The molecule has 0 saturated carbocycles. The number of hydrogen-bond donors (Lipinski definition) is 2. The van der Waals surface area contributed by atoms with Crippen molar-refractivity contribution in [2.75, 3.05) is 53.0 Å². The van der Waals surface area contributed by atoms with Crippen molar-refractivity contribution in [2.45, 2.75) is 64.0 Å². The third kappa shape index (κ3) is 6.76. The van der Waals surface area contributed by atoms with E-state index in [0.29, 0.717) is 6.54 Å². The molecule has 0 aliphatic carbocycles. The third-order valence-electron chi connectivity index (χ3n) is 5.56. The highest BCUT2D eigenvalue weighted by atomic mass is 16.5. The van der Waals surface area contributed by atoms with Crippen LogP contribution in [0.4, 0.5) is 0 Å². The number of nitrogens with one attached hydrogen (secondary N) is 2. The fraction of sp³-hybridized carbons (Fsp3) is 0.947. The van der Waals surface area contributed by atoms with Crippen molar-refractivity contribution in [3.8, 4) is 0 Å². The molecule has 0 radical (unpaired) electrons. The maximum atomic E-state index is 5.77. The van der Waals surface area contributed by atoms with Gasteiger partial charge in [-0.25, -0.2) is 0 Å². The van der Waals surface area contributed by atoms with Gasteiger partial charge in [-0.05, 0) is 39.7 Å². The summed E-state index contributed by atoms with van der Waals surface area (Å²) in [6.07, 6.45) is 7.07. The summed E-state index contributed by atoms with van der Waals surface area (Å²) >= 11 is 0. The normalized spacial score (nSPS) is 24.9. The summed E-state index contributed by atoms with van der Waals surface area (Å²) in [6, 6.07) is 0.741. The van der Waals surface area contributed by atoms with Gasteiger partial charge in [-0.15, -0.1) is 0 Å². The minimum Gasteiger partial charge on any atom is -0.381 e. The molecule has 0 aromatic carbocycles. The first kappa shape index (κ1) is 20.5. The highest BCUT2D eigenvalue weighted by molar-refractivity contribution is 5.79. The van der Waals surface area contributed by atoms with Crippen LogP contribution in [0.2, 0.25) is 0 Å². The second kappa shape index (κ2) is 11.0. The second-order valence-corrected chi connectivity index (χ2v) is 7.36. The van der Waals surface area contributed by atoms with E-state index in [2.05, 4.69) is 29.4 Å². The van der Waals surface area contributed by atoms with Gasteiger partial charge in [0.1, 0.15) is 0 Å². The largest absolute Gasteiger partial charge is 0.381 e. The van der Waals surface area contributed by atoms with Gasteiger partial charge >= 0.3 is 0 Å². The Morgan fingerprint density at radius 1 is 1.28 bits per heavy atom. The molecule has 0 spiro atoms. The fourth-order valence-electron chi connectivity index (χ4n) is 3.71. The van der Waals surface area contributed by atoms with Crippen molar-refractivity contribution in [1.82, 2.24) is 15.5 Å². The molecule has 1 unspecified atom stereocenters. The van der Waals surface area contributed by atoms with E-state index in [9.17, 15) is 0 Å². The summed E-state index contributed by atoms with van der Waals surface area (Å²) in [4.78, 5) is 7.40. The summed E-state index contributed by atoms with van der Waals surface area (Å²) in [7, 11) is 1.79. The van der Waals surface area contributed by atoms with E-state index in [-0.39, 0.29) is 5.60 Å². The average Bonchev–Trinajstić information content (AvgIpc) is 2.65. The van der Waals surface area contributed by atoms with E-state index >= 15 is 0 Å². The molecule has 1 atom stereocenters. The summed E-state index contributed by atoms with van der Waals surface area (Å²) in [5, 5.41) is 6.83. The SMILES string of the molecule is CCNC(=NCC1(OC)CCOCC1)NCCCN1CCCCC1C. The van der Waals surface area contributed by atoms with Gasteiger partial charge in [0, 0.05) is 58.8 Å². The third-order valence-corrected chi connectivity index (χ3v) is 5.56. The molecule has 2 rings (SSSR count). The molecule has 0 aromatic rings. The molecule has 6 heteroatoms. The summed E-state index contributed by atoms with van der Waals surface area (Å²) in [6.45, 7) is 10.9. The van der Waals surface area contributed by atoms with Gasteiger partial charge in [-0.2, -0.15) is 0 Å². The lowest BCUT2D eigenvalue weighted by Gasteiger charge is -2.34. The molecule has 2 heterocycles. The lowest BCUT2D eigenvalue weighted by atomic mass is 9.94. The minimum atomic E-state index is -0.163. The molecule has 2 aliphatic heterocycles. The second-order valence-electron chi connectivity index (χ2n) is 7.36. The van der Waals surface area contributed by atoms with Crippen molar-refractivity contribution < 1.29 is 9.47 Å². The minimum absolute atomic E-state index is 0.163. The van der Waals surface area contributed by atoms with E-state index < -0.39 is 0 Å².